The van der Waals surface area contributed by atoms with Crippen LogP contribution in [0, 0.1) is 0 Å². The van der Waals surface area contributed by atoms with Gasteiger partial charge in [-0.2, -0.15) is 0 Å². The van der Waals surface area contributed by atoms with Crippen LogP contribution in [0.25, 0.3) is 0 Å². The highest BCUT2D eigenvalue weighted by molar-refractivity contribution is 14.3. The lowest BCUT2D eigenvalue weighted by molar-refractivity contribution is 1.46. The van der Waals surface area contributed by atoms with Gasteiger partial charge in [-0.25, -0.2) is 0 Å². The van der Waals surface area contributed by atoms with E-state index >= 15 is 0 Å². The van der Waals surface area contributed by atoms with Crippen LogP contribution in [0.2, 0.25) is 0 Å². The van der Waals surface area contributed by atoms with E-state index in [1.165, 1.54) is 9.28 Å². The van der Waals surface area contributed by atoms with E-state index < -0.39 is 0 Å². The molecule has 0 radical (unpaired) electrons. The van der Waals surface area contributed by atoms with Crippen molar-refractivity contribution in [2.75, 3.05) is 0 Å². The Morgan fingerprint density at radius 2 is 2.40 bits per heavy atom. The molecule has 0 saturated carbocycles. The maximum Gasteiger partial charge on any atom is 0.0768 e. The molecule has 0 fully saturated rings. The summed E-state index contributed by atoms with van der Waals surface area (Å²) in [6.45, 7) is 4.18. The van der Waals surface area contributed by atoms with E-state index in [-0.39, 0.29) is 41.5 Å². The molecule has 0 saturated heterocycles. The summed E-state index contributed by atoms with van der Waals surface area (Å²) >= 11 is 0.520. The Labute approximate surface area is 81.1 Å². The molecule has 0 aromatic carbocycles. The van der Waals surface area contributed by atoms with E-state index in [0.717, 1.165) is 0 Å². The minimum absolute atomic E-state index is 0.258. The molecule has 1 rings (SSSR count). The number of nitrogens with zero attached hydrogens (tertiary/aromatic N) is 1. The van der Waals surface area contributed by atoms with Gasteiger partial charge in [-0.3, -0.25) is 4.99 Å². The lowest BCUT2D eigenvalue weighted by Crippen LogP contribution is -1.83. The maximum absolute atomic E-state index is 4.30. The quantitative estimate of drug-likeness (QED) is 0.503. The lowest BCUT2D eigenvalue weighted by Gasteiger charge is -1.99. The number of hydrogen-bond donors (Lipinski definition) is 0. The zero-order chi connectivity index (χ0) is 7.40. The second kappa shape index (κ2) is 4.48. The molecule has 1 heterocycles. The molecule has 0 unspecified atom stereocenters. The van der Waals surface area contributed by atoms with Crippen LogP contribution in [-0.2, 0) is 0 Å². The van der Waals surface area contributed by atoms with Crippen LogP contribution in [0.15, 0.2) is 14.3 Å². The first kappa shape index (κ1) is 8.70. The Morgan fingerprint density at radius 3 is 3.00 bits per heavy atom. The fraction of sp³-hybridized carbons (Fsp3) is 0.286. The minimum Gasteiger partial charge on any atom is -0.260 e. The Bertz CT molecular complexity index is 236. The van der Waals surface area contributed by atoms with Gasteiger partial charge in [0.1, 0.15) is 0 Å². The van der Waals surface area contributed by atoms with Gasteiger partial charge in [0.05, 0.1) is 5.70 Å². The monoisotopic (exact) mass is 361 g/mol. The second-order valence-electron chi connectivity index (χ2n) is 1.73. The molecule has 3 heteroatoms. The summed E-state index contributed by atoms with van der Waals surface area (Å²) in [7, 11) is 0. The predicted molar refractivity (Wildman–Crippen MR) is 67.0 cm³/mol. The molecule has 0 spiro atoms. The first-order valence-electron chi connectivity index (χ1n) is 2.94. The standard InChI is InChI=1S/C7H9I2N/c1-3-10-7-4-8-5-9-6(7)2/h3-5H,1-2H3. The second-order valence-corrected chi connectivity index (χ2v) is 8.94. The van der Waals surface area contributed by atoms with Crippen molar-refractivity contribution in [2.45, 2.75) is 13.8 Å². The van der Waals surface area contributed by atoms with Gasteiger partial charge in [-0.1, -0.05) is 41.5 Å². The minimum atomic E-state index is 0.258. The molecule has 0 aromatic rings. The fourth-order valence-corrected chi connectivity index (χ4v) is 7.55. The summed E-state index contributed by atoms with van der Waals surface area (Å²) in [5.41, 5.74) is 1.27. The molecule has 0 N–H and O–H groups in total. The van der Waals surface area contributed by atoms with E-state index in [2.05, 4.69) is 17.9 Å². The number of rotatable bonds is 1. The van der Waals surface area contributed by atoms with Gasteiger partial charge < -0.3 is 0 Å². The van der Waals surface area contributed by atoms with Crippen molar-refractivity contribution < 1.29 is 0 Å². The first-order valence-corrected chi connectivity index (χ1v) is 7.76. The molecule has 0 aliphatic carbocycles. The number of hydrogen-bond acceptors (Lipinski definition) is 1. The average Bonchev–Trinajstić information content (AvgIpc) is 1.94. The summed E-state index contributed by atoms with van der Waals surface area (Å²) in [5, 5.41) is 0. The molecule has 1 aliphatic rings. The molecule has 0 amide bonds. The van der Waals surface area contributed by atoms with Crippen LogP contribution >= 0.6 is 41.5 Å². The van der Waals surface area contributed by atoms with E-state index in [9.17, 15) is 0 Å². The van der Waals surface area contributed by atoms with Crippen LogP contribution in [0.3, 0.4) is 0 Å². The van der Waals surface area contributed by atoms with Gasteiger partial charge in [0.2, 0.25) is 0 Å². The molecule has 1 nitrogen and oxygen atoms in total. The summed E-state index contributed by atoms with van der Waals surface area (Å²) in [6.07, 6.45) is 1.88. The summed E-state index contributed by atoms with van der Waals surface area (Å²) in [5.74, 6) is 0. The largest absolute Gasteiger partial charge is 0.260 e. The van der Waals surface area contributed by atoms with Gasteiger partial charge in [0, 0.05) is 11.8 Å². The lowest BCUT2D eigenvalue weighted by atomic mass is 10.5. The zero-order valence-electron chi connectivity index (χ0n) is 5.94. The number of allylic oxidation sites excluding steroid dienone is 2. The van der Waals surface area contributed by atoms with Crippen LogP contribution in [-0.4, -0.2) is 12.2 Å². The molecule has 56 valence electrons. The van der Waals surface area contributed by atoms with Gasteiger partial charge in [-0.15, -0.1) is 0 Å². The molecule has 0 aromatic heterocycles. The fourth-order valence-electron chi connectivity index (χ4n) is 0.556. The van der Waals surface area contributed by atoms with Gasteiger partial charge in [0.25, 0.3) is 0 Å². The third kappa shape index (κ3) is 2.34. The Kier molecular flexibility index (Phi) is 3.90. The zero-order valence-corrected chi connectivity index (χ0v) is 10.3. The maximum atomic E-state index is 4.30. The molecule has 1 aliphatic heterocycles. The molecular formula is C7H9I2N. The summed E-state index contributed by atoms with van der Waals surface area (Å²) < 4.78 is 6.31. The Balaban J connectivity index is 2.92. The first-order chi connectivity index (χ1) is 4.84. The highest BCUT2D eigenvalue weighted by atomic mass is 127. The van der Waals surface area contributed by atoms with Gasteiger partial charge in [-0.05, 0) is 17.9 Å². The molecule has 10 heavy (non-hydrogen) atoms. The van der Waals surface area contributed by atoms with Crippen molar-refractivity contribution in [1.29, 1.82) is 0 Å². The van der Waals surface area contributed by atoms with Crippen LogP contribution in [0.1, 0.15) is 13.8 Å². The van der Waals surface area contributed by atoms with Crippen LogP contribution in [0.5, 0.6) is 0 Å². The molecule has 0 bridgehead atoms. The highest BCUT2D eigenvalue weighted by Crippen LogP contribution is 2.24. The van der Waals surface area contributed by atoms with Gasteiger partial charge >= 0.3 is 0 Å². The third-order valence-electron chi connectivity index (χ3n) is 1.04. The van der Waals surface area contributed by atoms with Crippen molar-refractivity contribution >= 4 is 53.7 Å². The smallest absolute Gasteiger partial charge is 0.0768 e. The van der Waals surface area contributed by atoms with E-state index in [1.807, 2.05) is 13.1 Å². The van der Waals surface area contributed by atoms with Crippen molar-refractivity contribution in [3.05, 3.63) is 9.28 Å². The number of aliphatic imine (C=N–C) groups is 1. The molecular weight excluding hydrogens is 352 g/mol. The van der Waals surface area contributed by atoms with Crippen molar-refractivity contribution in [1.82, 2.24) is 0 Å². The van der Waals surface area contributed by atoms with Crippen LogP contribution in [0.4, 0.5) is 0 Å². The number of halogens is 2. The Hall–Kier alpha value is 0.610. The Morgan fingerprint density at radius 1 is 1.60 bits per heavy atom. The van der Waals surface area contributed by atoms with E-state index in [4.69, 9.17) is 0 Å². The van der Waals surface area contributed by atoms with Crippen molar-refractivity contribution in [3.63, 3.8) is 0 Å². The van der Waals surface area contributed by atoms with Crippen molar-refractivity contribution in [3.8, 4) is 0 Å². The predicted octanol–water partition coefficient (Wildman–Crippen LogP) is 2.83. The normalized spacial score (nSPS) is 19.0. The van der Waals surface area contributed by atoms with Crippen molar-refractivity contribution in [2.24, 2.45) is 4.99 Å². The van der Waals surface area contributed by atoms with Crippen LogP contribution < -0.4 is 0 Å². The topological polar surface area (TPSA) is 12.4 Å². The SMILES string of the molecule is CC=NC1=C(C)I=CI=C1. The van der Waals surface area contributed by atoms with Gasteiger partial charge in [0.15, 0.2) is 0 Å². The summed E-state index contributed by atoms with van der Waals surface area (Å²) in [6, 6.07) is 0. The highest BCUT2D eigenvalue weighted by Gasteiger charge is 1.95. The third-order valence-corrected chi connectivity index (χ3v) is 7.39. The average molecular weight is 361 g/mol. The van der Waals surface area contributed by atoms with E-state index in [1.54, 1.807) is 0 Å². The summed E-state index contributed by atoms with van der Waals surface area (Å²) in [4.78, 5) is 4.30. The van der Waals surface area contributed by atoms with E-state index in [0.29, 0.717) is 0 Å². The molecule has 0 atom stereocenters.